The lowest BCUT2D eigenvalue weighted by Gasteiger charge is -2.11. The van der Waals surface area contributed by atoms with Gasteiger partial charge in [-0.1, -0.05) is 58.2 Å². The molecule has 190 valence electrons. The van der Waals surface area contributed by atoms with Crippen LogP contribution in [0.3, 0.4) is 0 Å². The van der Waals surface area contributed by atoms with Gasteiger partial charge in [-0.05, 0) is 43.3 Å². The molecule has 0 aliphatic rings. The first-order valence-corrected chi connectivity index (χ1v) is 13.6. The standard InChI is InChI=1S/C19H17S.C2HF6NO4S2/c1-16-12-14-19(15-13-16)20(17-8-4-2-5-9-17)18-10-6-3-7-11-18;3-1(4,5)14(10,11)9-15(12,13)2(6,7)8/h2-15H,1H3;9H/q+1;. The molecule has 5 nitrogen and oxygen atoms in total. The number of alkyl halides is 6. The monoisotopic (exact) mass is 558 g/mol. The Bertz CT molecular complexity index is 1230. The van der Waals surface area contributed by atoms with Crippen molar-refractivity contribution in [3.63, 3.8) is 0 Å². The van der Waals surface area contributed by atoms with Gasteiger partial charge < -0.3 is 0 Å². The second kappa shape index (κ2) is 11.0. The normalized spacial score (nSPS) is 12.7. The zero-order valence-electron chi connectivity index (χ0n) is 17.7. The van der Waals surface area contributed by atoms with Crippen molar-refractivity contribution < 1.29 is 43.2 Å². The van der Waals surface area contributed by atoms with Gasteiger partial charge in [0.2, 0.25) is 0 Å². The number of benzene rings is 3. The van der Waals surface area contributed by atoms with Crippen molar-refractivity contribution >= 4 is 30.9 Å². The molecule has 0 bridgehead atoms. The highest BCUT2D eigenvalue weighted by Gasteiger charge is 2.55. The zero-order valence-corrected chi connectivity index (χ0v) is 20.2. The highest BCUT2D eigenvalue weighted by Crippen LogP contribution is 2.31. The Morgan fingerprint density at radius 3 is 1.20 bits per heavy atom. The number of sulfonamides is 2. The van der Waals surface area contributed by atoms with Crippen molar-refractivity contribution in [3.05, 3.63) is 90.5 Å². The molecule has 3 aromatic carbocycles. The molecule has 0 spiro atoms. The van der Waals surface area contributed by atoms with E-state index in [1.54, 1.807) is 0 Å². The van der Waals surface area contributed by atoms with Crippen LogP contribution in [-0.4, -0.2) is 27.9 Å². The van der Waals surface area contributed by atoms with E-state index in [2.05, 4.69) is 91.9 Å². The number of halogens is 6. The summed E-state index contributed by atoms with van der Waals surface area (Å²) in [6.07, 6.45) is 0. The van der Waals surface area contributed by atoms with Gasteiger partial charge in [-0.15, -0.1) is 0 Å². The average Bonchev–Trinajstić information content (AvgIpc) is 2.75. The second-order valence-electron chi connectivity index (χ2n) is 6.73. The average molecular weight is 559 g/mol. The zero-order chi connectivity index (χ0) is 26.5. The Kier molecular flexibility index (Phi) is 9.03. The number of hydrogen-bond donors (Lipinski definition) is 1. The van der Waals surface area contributed by atoms with Gasteiger partial charge >= 0.3 is 31.1 Å². The van der Waals surface area contributed by atoms with Crippen LogP contribution in [0.4, 0.5) is 26.3 Å². The maximum Gasteiger partial charge on any atom is 0.512 e. The van der Waals surface area contributed by atoms with Crippen LogP contribution < -0.4 is 4.13 Å². The number of hydrogen-bond acceptors (Lipinski definition) is 4. The Labute approximate surface area is 201 Å². The third-order valence-corrected chi connectivity index (χ3v) is 9.25. The van der Waals surface area contributed by atoms with E-state index >= 15 is 0 Å². The lowest BCUT2D eigenvalue weighted by molar-refractivity contribution is -0.0476. The third-order valence-electron chi connectivity index (χ3n) is 4.04. The fourth-order valence-electron chi connectivity index (χ4n) is 2.43. The van der Waals surface area contributed by atoms with E-state index in [0.717, 1.165) is 0 Å². The van der Waals surface area contributed by atoms with Crippen LogP contribution in [-0.2, 0) is 30.9 Å². The summed E-state index contributed by atoms with van der Waals surface area (Å²) in [6.45, 7) is 2.13. The van der Waals surface area contributed by atoms with Crippen molar-refractivity contribution in [1.82, 2.24) is 4.13 Å². The smallest absolute Gasteiger partial charge is 0.202 e. The van der Waals surface area contributed by atoms with E-state index in [4.69, 9.17) is 0 Å². The molecule has 0 unspecified atom stereocenters. The molecule has 0 aliphatic carbocycles. The summed E-state index contributed by atoms with van der Waals surface area (Å²) in [5.74, 6) is 0. The van der Waals surface area contributed by atoms with Crippen LogP contribution in [0.15, 0.2) is 99.6 Å². The van der Waals surface area contributed by atoms with Crippen molar-refractivity contribution in [2.75, 3.05) is 0 Å². The van der Waals surface area contributed by atoms with Crippen LogP contribution in [0.25, 0.3) is 0 Å². The molecular weight excluding hydrogens is 540 g/mol. The maximum absolute atomic E-state index is 11.5. The first kappa shape index (κ1) is 28.7. The van der Waals surface area contributed by atoms with Crippen molar-refractivity contribution in [2.45, 2.75) is 32.6 Å². The number of rotatable bonds is 5. The van der Waals surface area contributed by atoms with E-state index < -0.39 is 35.2 Å². The van der Waals surface area contributed by atoms with Gasteiger partial charge in [-0.3, -0.25) is 0 Å². The molecule has 14 heteroatoms. The fraction of sp³-hybridized carbons (Fsp3) is 0.143. The van der Waals surface area contributed by atoms with E-state index in [9.17, 15) is 43.2 Å². The predicted molar refractivity (Wildman–Crippen MR) is 119 cm³/mol. The minimum Gasteiger partial charge on any atom is -0.202 e. The van der Waals surface area contributed by atoms with Gasteiger partial charge in [0.25, 0.3) is 0 Å². The molecule has 1 N–H and O–H groups in total. The number of nitrogens with one attached hydrogen (secondary N) is 1. The van der Waals surface area contributed by atoms with Crippen LogP contribution >= 0.6 is 0 Å². The Morgan fingerprint density at radius 2 is 0.886 bits per heavy atom. The first-order chi connectivity index (χ1) is 16.1. The van der Waals surface area contributed by atoms with Gasteiger partial charge in [0.1, 0.15) is 0 Å². The molecule has 3 aromatic rings. The molecule has 0 atom stereocenters. The Morgan fingerprint density at radius 1 is 0.571 bits per heavy atom. The summed E-state index contributed by atoms with van der Waals surface area (Å²) in [4.78, 5) is 4.10. The highest BCUT2D eigenvalue weighted by molar-refractivity contribution is 8.05. The summed E-state index contributed by atoms with van der Waals surface area (Å²) in [5, 5.41) is 0. The van der Waals surface area contributed by atoms with Crippen LogP contribution in [0, 0.1) is 6.92 Å². The molecule has 0 saturated carbocycles. The maximum atomic E-state index is 11.5. The van der Waals surface area contributed by atoms with Crippen molar-refractivity contribution in [2.24, 2.45) is 0 Å². The van der Waals surface area contributed by atoms with Gasteiger partial charge in [0.15, 0.2) is 14.7 Å². The van der Waals surface area contributed by atoms with Gasteiger partial charge in [0, 0.05) is 0 Å². The molecule has 0 radical (unpaired) electrons. The Balaban J connectivity index is 0.000000260. The lowest BCUT2D eigenvalue weighted by atomic mass is 10.2. The third kappa shape index (κ3) is 7.72. The van der Waals surface area contributed by atoms with Crippen LogP contribution in [0.2, 0.25) is 0 Å². The second-order valence-corrected chi connectivity index (χ2v) is 12.4. The van der Waals surface area contributed by atoms with Gasteiger partial charge in [0.05, 0.1) is 10.9 Å². The molecular formula is C21H18F6NO4S3+. The summed E-state index contributed by atoms with van der Waals surface area (Å²) in [7, 11) is -13.2. The van der Waals surface area contributed by atoms with E-state index in [1.807, 2.05) is 0 Å². The van der Waals surface area contributed by atoms with Crippen LogP contribution in [0.5, 0.6) is 0 Å². The fourth-order valence-corrected chi connectivity index (χ4v) is 6.43. The first-order valence-electron chi connectivity index (χ1n) is 9.37. The predicted octanol–water partition coefficient (Wildman–Crippen LogP) is 5.37. The molecule has 0 aliphatic heterocycles. The topological polar surface area (TPSA) is 80.3 Å². The van der Waals surface area contributed by atoms with E-state index in [-0.39, 0.29) is 10.9 Å². The van der Waals surface area contributed by atoms with Crippen molar-refractivity contribution in [1.29, 1.82) is 0 Å². The van der Waals surface area contributed by atoms with Crippen LogP contribution in [0.1, 0.15) is 5.56 Å². The minimum absolute atomic E-state index is 0.0229. The summed E-state index contributed by atoms with van der Waals surface area (Å²) >= 11 is 0. The lowest BCUT2D eigenvalue weighted by Crippen LogP contribution is -2.45. The minimum atomic E-state index is -6.60. The quantitative estimate of drug-likeness (QED) is 0.338. The highest BCUT2D eigenvalue weighted by atomic mass is 32.3. The molecule has 3 rings (SSSR count). The molecule has 0 fully saturated rings. The van der Waals surface area contributed by atoms with E-state index in [0.29, 0.717) is 0 Å². The summed E-state index contributed by atoms with van der Waals surface area (Å²) in [6, 6.07) is 30.4. The summed E-state index contributed by atoms with van der Waals surface area (Å²) in [5.41, 5.74) is -11.0. The molecule has 0 heterocycles. The van der Waals surface area contributed by atoms with Gasteiger partial charge in [-0.2, -0.15) is 26.3 Å². The molecule has 35 heavy (non-hydrogen) atoms. The molecule has 0 saturated heterocycles. The Hall–Kier alpha value is -2.55. The molecule has 0 amide bonds. The number of aryl methyl sites for hydroxylation is 1. The summed E-state index contributed by atoms with van der Waals surface area (Å²) < 4.78 is 108. The SMILES string of the molecule is Cc1ccc([S+](c2ccccc2)c2ccccc2)cc1.O=S(=O)(NS(=O)(=O)C(F)(F)F)C(F)(F)F. The largest absolute Gasteiger partial charge is 0.512 e. The van der Waals surface area contributed by atoms with Crippen molar-refractivity contribution in [3.8, 4) is 0 Å². The van der Waals surface area contributed by atoms with Gasteiger partial charge in [-0.25, -0.2) is 16.8 Å². The molecule has 0 aromatic heterocycles. The van der Waals surface area contributed by atoms with E-state index in [1.165, 1.54) is 20.2 Å².